The molecule has 28 heavy (non-hydrogen) atoms. The summed E-state index contributed by atoms with van der Waals surface area (Å²) >= 11 is 0. The fourth-order valence-electron chi connectivity index (χ4n) is 2.91. The predicted octanol–water partition coefficient (Wildman–Crippen LogP) is 5.97. The maximum absolute atomic E-state index is 10.0. The molecule has 149 valence electrons. The summed E-state index contributed by atoms with van der Waals surface area (Å²) in [7, 11) is 0. The number of carbonyl (C=O) groups is 1. The first-order valence-corrected chi connectivity index (χ1v) is 8.92. The second kappa shape index (κ2) is 10.3. The van der Waals surface area contributed by atoms with Crippen LogP contribution in [-0.2, 0) is 24.9 Å². The Kier molecular flexibility index (Phi) is 8.74. The molecule has 3 nitrogen and oxygen atoms in total. The number of ketones is 1. The van der Waals surface area contributed by atoms with Crippen molar-refractivity contribution in [2.45, 2.75) is 41.5 Å². The zero-order valence-corrected chi connectivity index (χ0v) is 19.6. The van der Waals surface area contributed by atoms with Gasteiger partial charge in [-0.3, -0.25) is 4.79 Å². The molecule has 1 aromatic heterocycles. The van der Waals surface area contributed by atoms with Gasteiger partial charge >= 0.3 is 0 Å². The third kappa shape index (κ3) is 6.12. The average Bonchev–Trinajstić information content (AvgIpc) is 2.57. The Morgan fingerprint density at radius 3 is 2.29 bits per heavy atom. The number of pyridine rings is 1. The van der Waals surface area contributed by atoms with E-state index < -0.39 is 0 Å². The number of rotatable bonds is 2. The van der Waals surface area contributed by atoms with Crippen molar-refractivity contribution in [3.05, 3.63) is 76.7 Å². The van der Waals surface area contributed by atoms with E-state index >= 15 is 0 Å². The molecule has 0 saturated heterocycles. The zero-order valence-electron chi connectivity index (χ0n) is 17.2. The summed E-state index contributed by atoms with van der Waals surface area (Å²) in [6.07, 6.45) is 3.05. The van der Waals surface area contributed by atoms with E-state index in [1.165, 1.54) is 52.9 Å². The number of aliphatic hydroxyl groups excluding tert-OH is 1. The molecule has 0 aliphatic heterocycles. The number of aryl methyl sites for hydroxylation is 4. The van der Waals surface area contributed by atoms with E-state index in [9.17, 15) is 4.79 Å². The van der Waals surface area contributed by atoms with Crippen molar-refractivity contribution in [2.75, 3.05) is 0 Å². The van der Waals surface area contributed by atoms with E-state index in [0.29, 0.717) is 0 Å². The molecule has 3 rings (SSSR count). The SMILES string of the molecule is CC(=O)/C=C(/C)O.Cc1ccc2ccnc(-c3[c-]c(C)c(C)cc3C)c2c1.[Ir]. The molecule has 0 spiro atoms. The van der Waals surface area contributed by atoms with Crippen LogP contribution in [0.15, 0.2) is 48.4 Å². The molecule has 0 saturated carbocycles. The Morgan fingerprint density at radius 1 is 1.04 bits per heavy atom. The summed E-state index contributed by atoms with van der Waals surface area (Å²) in [4.78, 5) is 14.6. The molecule has 1 N–H and O–H groups in total. The molecule has 0 amide bonds. The number of aromatic nitrogens is 1. The van der Waals surface area contributed by atoms with Gasteiger partial charge < -0.3 is 10.1 Å². The summed E-state index contributed by atoms with van der Waals surface area (Å²) in [5.41, 5.74) is 7.11. The van der Waals surface area contributed by atoms with Crippen molar-refractivity contribution >= 4 is 16.6 Å². The number of fused-ring (bicyclic) bond motifs is 1. The van der Waals surface area contributed by atoms with Gasteiger partial charge in [-0.25, -0.2) is 0 Å². The third-order valence-corrected chi connectivity index (χ3v) is 4.30. The summed E-state index contributed by atoms with van der Waals surface area (Å²) in [6.45, 7) is 11.3. The minimum atomic E-state index is -0.125. The van der Waals surface area contributed by atoms with Crippen molar-refractivity contribution in [3.8, 4) is 11.3 Å². The number of hydrogen-bond donors (Lipinski definition) is 1. The molecule has 0 aliphatic carbocycles. The van der Waals surface area contributed by atoms with Crippen LogP contribution in [0, 0.1) is 33.8 Å². The Labute approximate surface area is 180 Å². The Morgan fingerprint density at radius 2 is 1.71 bits per heavy atom. The first kappa shape index (κ1) is 23.7. The first-order valence-electron chi connectivity index (χ1n) is 8.92. The van der Waals surface area contributed by atoms with E-state index in [-0.39, 0.29) is 31.6 Å². The molecule has 0 aliphatic rings. The fourth-order valence-corrected chi connectivity index (χ4v) is 2.91. The normalized spacial score (nSPS) is 10.7. The molecule has 1 radical (unpaired) electrons. The van der Waals surface area contributed by atoms with E-state index in [1.54, 1.807) is 0 Å². The Hall–Kier alpha value is -2.29. The van der Waals surface area contributed by atoms with Crippen molar-refractivity contribution in [1.82, 2.24) is 4.98 Å². The van der Waals surface area contributed by atoms with Crippen LogP contribution in [0.1, 0.15) is 36.1 Å². The largest absolute Gasteiger partial charge is 0.512 e. The van der Waals surface area contributed by atoms with Gasteiger partial charge in [0.05, 0.1) is 5.76 Å². The summed E-state index contributed by atoms with van der Waals surface area (Å²) in [5, 5.41) is 10.8. The van der Waals surface area contributed by atoms with Crippen LogP contribution in [0.2, 0.25) is 0 Å². The summed E-state index contributed by atoms with van der Waals surface area (Å²) < 4.78 is 0. The van der Waals surface area contributed by atoms with E-state index in [0.717, 1.165) is 11.3 Å². The van der Waals surface area contributed by atoms with Crippen molar-refractivity contribution in [2.24, 2.45) is 0 Å². The predicted molar refractivity (Wildman–Crippen MR) is 112 cm³/mol. The van der Waals surface area contributed by atoms with Crippen LogP contribution in [0.3, 0.4) is 0 Å². The Bertz CT molecular complexity index is 1020. The van der Waals surface area contributed by atoms with Crippen molar-refractivity contribution in [1.29, 1.82) is 0 Å². The summed E-state index contributed by atoms with van der Waals surface area (Å²) in [6, 6.07) is 14.3. The number of aliphatic hydroxyl groups is 1. The van der Waals surface area contributed by atoms with Gasteiger partial charge in [-0.1, -0.05) is 44.5 Å². The van der Waals surface area contributed by atoms with Crippen molar-refractivity contribution < 1.29 is 30.0 Å². The van der Waals surface area contributed by atoms with Crippen LogP contribution in [0.5, 0.6) is 0 Å². The number of benzene rings is 2. The van der Waals surface area contributed by atoms with Crippen LogP contribution < -0.4 is 0 Å². The van der Waals surface area contributed by atoms with Gasteiger partial charge in [-0.05, 0) is 43.3 Å². The van der Waals surface area contributed by atoms with Gasteiger partial charge in [0.2, 0.25) is 0 Å². The van der Waals surface area contributed by atoms with Gasteiger partial charge in [0.1, 0.15) is 0 Å². The van der Waals surface area contributed by atoms with E-state index in [4.69, 9.17) is 5.11 Å². The van der Waals surface area contributed by atoms with Crippen LogP contribution in [0.4, 0.5) is 0 Å². The molecule has 4 heteroatoms. The maximum Gasteiger partial charge on any atom is 0.155 e. The topological polar surface area (TPSA) is 50.2 Å². The minimum Gasteiger partial charge on any atom is -0.512 e. The van der Waals surface area contributed by atoms with Gasteiger partial charge in [-0.2, -0.15) is 0 Å². The maximum atomic E-state index is 10.0. The van der Waals surface area contributed by atoms with Gasteiger partial charge in [-0.15, -0.1) is 34.4 Å². The zero-order chi connectivity index (χ0) is 20.1. The van der Waals surface area contributed by atoms with Crippen LogP contribution >= 0.6 is 0 Å². The van der Waals surface area contributed by atoms with Crippen LogP contribution in [-0.4, -0.2) is 15.9 Å². The number of carbonyl (C=O) groups excluding carboxylic acids is 1. The molecular weight excluding hydrogens is 526 g/mol. The number of nitrogens with zero attached hydrogens (tertiary/aromatic N) is 1. The second-order valence-corrected chi connectivity index (χ2v) is 6.92. The molecule has 1 heterocycles. The summed E-state index contributed by atoms with van der Waals surface area (Å²) in [5.74, 6) is -0.0625. The van der Waals surface area contributed by atoms with Crippen LogP contribution in [0.25, 0.3) is 22.0 Å². The number of allylic oxidation sites excluding steroid dienone is 2. The van der Waals surface area contributed by atoms with E-state index in [1.807, 2.05) is 6.20 Å². The third-order valence-electron chi connectivity index (χ3n) is 4.30. The molecule has 0 unspecified atom stereocenters. The molecule has 2 aromatic carbocycles. The second-order valence-electron chi connectivity index (χ2n) is 6.92. The molecule has 3 aromatic rings. The quantitative estimate of drug-likeness (QED) is 0.242. The van der Waals surface area contributed by atoms with Gasteiger partial charge in [0, 0.05) is 32.4 Å². The average molecular weight is 553 g/mol. The number of hydrogen-bond acceptors (Lipinski definition) is 3. The fraction of sp³-hybridized carbons (Fsp3) is 0.250. The van der Waals surface area contributed by atoms with Gasteiger partial charge in [0.25, 0.3) is 0 Å². The standard InChI is InChI=1S/C19H18N.C5H8O2.Ir/c1-12-5-6-16-7-8-20-19(18(16)9-12)17-11-14(3)13(2)10-15(17)4;1-4(6)3-5(2)7;/h5-10H,1-4H3;3,6H,1-2H3;/q-1;;/b;4-3-;. The molecule has 0 fully saturated rings. The smallest absolute Gasteiger partial charge is 0.155 e. The van der Waals surface area contributed by atoms with Crippen molar-refractivity contribution in [3.63, 3.8) is 0 Å². The monoisotopic (exact) mass is 553 g/mol. The molecule has 0 bridgehead atoms. The van der Waals surface area contributed by atoms with E-state index in [2.05, 4.69) is 69.1 Å². The molecule has 0 atom stereocenters. The van der Waals surface area contributed by atoms with Gasteiger partial charge in [0.15, 0.2) is 5.78 Å². The Balaban J connectivity index is 0.000000425. The minimum absolute atomic E-state index is 0. The molecular formula is C24H26IrNO2-. The first-order chi connectivity index (χ1) is 12.7.